The minimum absolute atomic E-state index is 0.000904. The summed E-state index contributed by atoms with van der Waals surface area (Å²) in [5.74, 6) is 0.122. The van der Waals surface area contributed by atoms with Gasteiger partial charge in [0.1, 0.15) is 5.75 Å². The van der Waals surface area contributed by atoms with Crippen LogP contribution in [0.15, 0.2) is 47.4 Å². The molecule has 0 bridgehead atoms. The zero-order valence-electron chi connectivity index (χ0n) is 19.5. The van der Waals surface area contributed by atoms with Crippen LogP contribution in [0.5, 0.6) is 5.75 Å². The second-order valence-corrected chi connectivity index (χ2v) is 10.8. The normalized spacial score (nSPS) is 16.8. The minimum atomic E-state index is -3.57. The van der Waals surface area contributed by atoms with Crippen LogP contribution in [0.4, 0.5) is 11.4 Å². The highest BCUT2D eigenvalue weighted by atomic mass is 32.2. The van der Waals surface area contributed by atoms with Crippen LogP contribution in [-0.2, 0) is 14.8 Å². The molecule has 0 saturated carbocycles. The number of nitrogens with zero attached hydrogens (tertiary/aromatic N) is 3. The van der Waals surface area contributed by atoms with Crippen molar-refractivity contribution < 1.29 is 22.7 Å². The Morgan fingerprint density at radius 3 is 2.41 bits per heavy atom. The van der Waals surface area contributed by atoms with E-state index in [4.69, 9.17) is 4.74 Å². The molecule has 182 valence electrons. The molecule has 0 atom stereocenters. The van der Waals surface area contributed by atoms with Crippen LogP contribution in [0.25, 0.3) is 0 Å². The van der Waals surface area contributed by atoms with Crippen LogP contribution in [-0.4, -0.2) is 76.3 Å². The third-order valence-corrected chi connectivity index (χ3v) is 7.97. The third kappa shape index (κ3) is 5.24. The number of benzene rings is 2. The van der Waals surface area contributed by atoms with Crippen LogP contribution in [0.1, 0.15) is 29.6 Å². The Kier molecular flexibility index (Phi) is 7.20. The van der Waals surface area contributed by atoms with Crippen molar-refractivity contribution in [2.45, 2.75) is 24.2 Å². The lowest BCUT2D eigenvalue weighted by atomic mass is 10.1. The molecule has 0 aliphatic carbocycles. The Hall–Kier alpha value is -2.95. The smallest absolute Gasteiger partial charge is 0.265 e. The molecule has 4 rings (SSSR count). The molecule has 2 aliphatic rings. The first kappa shape index (κ1) is 24.2. The van der Waals surface area contributed by atoms with E-state index in [1.54, 1.807) is 23.1 Å². The van der Waals surface area contributed by atoms with E-state index >= 15 is 0 Å². The van der Waals surface area contributed by atoms with Gasteiger partial charge in [0.25, 0.3) is 11.8 Å². The average Bonchev–Trinajstić information content (AvgIpc) is 2.84. The van der Waals surface area contributed by atoms with Gasteiger partial charge < -0.3 is 19.9 Å². The van der Waals surface area contributed by atoms with E-state index in [2.05, 4.69) is 10.2 Å². The number of fused-ring (bicyclic) bond motifs is 1. The molecule has 1 N–H and O–H groups in total. The molecule has 0 spiro atoms. The molecular weight excluding hydrogens is 456 g/mol. The van der Waals surface area contributed by atoms with Gasteiger partial charge >= 0.3 is 0 Å². The number of hydrogen-bond donors (Lipinski definition) is 1. The molecule has 1 saturated heterocycles. The summed E-state index contributed by atoms with van der Waals surface area (Å²) in [5.41, 5.74) is 1.48. The van der Waals surface area contributed by atoms with Gasteiger partial charge in [0.05, 0.1) is 10.6 Å². The first-order valence-electron chi connectivity index (χ1n) is 11.4. The zero-order valence-corrected chi connectivity index (χ0v) is 20.3. The largest absolute Gasteiger partial charge is 0.482 e. The molecule has 2 aromatic carbocycles. The third-order valence-electron chi connectivity index (χ3n) is 6.14. The van der Waals surface area contributed by atoms with Crippen molar-refractivity contribution in [3.63, 3.8) is 0 Å². The highest BCUT2D eigenvalue weighted by Crippen LogP contribution is 2.34. The SMILES string of the molecule is CN(C)S(=O)(=O)c1ccc(C(=O)Nc2ccc3c(c2)N(CCN2CCCCC2)C(=O)CO3)cc1. The van der Waals surface area contributed by atoms with E-state index in [0.29, 0.717) is 29.2 Å². The van der Waals surface area contributed by atoms with Crippen molar-refractivity contribution in [1.82, 2.24) is 9.21 Å². The topological polar surface area (TPSA) is 99.3 Å². The second kappa shape index (κ2) is 10.1. The highest BCUT2D eigenvalue weighted by Gasteiger charge is 2.27. The van der Waals surface area contributed by atoms with Gasteiger partial charge in [-0.3, -0.25) is 9.59 Å². The minimum Gasteiger partial charge on any atom is -0.482 e. The molecule has 2 heterocycles. The first-order chi connectivity index (χ1) is 16.3. The summed E-state index contributed by atoms with van der Waals surface area (Å²) in [5, 5.41) is 2.83. The summed E-state index contributed by atoms with van der Waals surface area (Å²) in [6.45, 7) is 3.46. The summed E-state index contributed by atoms with van der Waals surface area (Å²) >= 11 is 0. The summed E-state index contributed by atoms with van der Waals surface area (Å²) in [7, 11) is -0.657. The van der Waals surface area contributed by atoms with E-state index in [0.717, 1.165) is 23.9 Å². The molecule has 0 radical (unpaired) electrons. The standard InChI is InChI=1S/C24H30N4O5S/c1-26(2)34(31,32)20-9-6-18(7-10-20)24(30)25-19-8-11-22-21(16-19)28(23(29)17-33-22)15-14-27-12-4-3-5-13-27/h6-11,16H,3-5,12-15,17H2,1-2H3,(H,25,30). The van der Waals surface area contributed by atoms with Crippen molar-refractivity contribution >= 4 is 33.2 Å². The maximum atomic E-state index is 12.8. The Morgan fingerprint density at radius 2 is 1.74 bits per heavy atom. The quantitative estimate of drug-likeness (QED) is 0.645. The lowest BCUT2D eigenvalue weighted by Crippen LogP contribution is -2.44. The highest BCUT2D eigenvalue weighted by molar-refractivity contribution is 7.89. The lowest BCUT2D eigenvalue weighted by Gasteiger charge is -2.33. The van der Waals surface area contributed by atoms with Crippen LogP contribution in [0, 0.1) is 0 Å². The molecule has 9 nitrogen and oxygen atoms in total. The van der Waals surface area contributed by atoms with Gasteiger partial charge in [0, 0.05) is 38.4 Å². The van der Waals surface area contributed by atoms with Crippen molar-refractivity contribution in [2.24, 2.45) is 0 Å². The fraction of sp³-hybridized carbons (Fsp3) is 0.417. The number of hydrogen-bond acceptors (Lipinski definition) is 6. The number of ether oxygens (including phenoxy) is 1. The van der Waals surface area contributed by atoms with Gasteiger partial charge in [0.2, 0.25) is 10.0 Å². The van der Waals surface area contributed by atoms with Gasteiger partial charge in [0.15, 0.2) is 6.61 Å². The maximum absolute atomic E-state index is 12.8. The molecule has 10 heteroatoms. The molecule has 2 aromatic rings. The lowest BCUT2D eigenvalue weighted by molar-refractivity contribution is -0.121. The van der Waals surface area contributed by atoms with Gasteiger partial charge in [-0.25, -0.2) is 12.7 Å². The van der Waals surface area contributed by atoms with Crippen molar-refractivity contribution in [3.05, 3.63) is 48.0 Å². The number of rotatable bonds is 7. The van der Waals surface area contributed by atoms with Gasteiger partial charge in [-0.05, 0) is 68.4 Å². The van der Waals surface area contributed by atoms with E-state index in [9.17, 15) is 18.0 Å². The molecular formula is C24H30N4O5S. The summed E-state index contributed by atoms with van der Waals surface area (Å²) in [4.78, 5) is 29.6. The van der Waals surface area contributed by atoms with Crippen LogP contribution < -0.4 is 15.0 Å². The fourth-order valence-corrected chi connectivity index (χ4v) is 5.04. The Bertz CT molecular complexity index is 1160. The number of likely N-dealkylation sites (tertiary alicyclic amines) is 1. The first-order valence-corrected chi connectivity index (χ1v) is 12.8. The number of piperidine rings is 1. The fourth-order valence-electron chi connectivity index (χ4n) is 4.14. The zero-order chi connectivity index (χ0) is 24.3. The number of carbonyl (C=O) groups excluding carboxylic acids is 2. The van der Waals surface area contributed by atoms with Crippen molar-refractivity contribution in [3.8, 4) is 5.75 Å². The number of sulfonamides is 1. The summed E-state index contributed by atoms with van der Waals surface area (Å²) < 4.78 is 31.2. The molecule has 2 amide bonds. The van der Waals surface area contributed by atoms with Crippen molar-refractivity contribution in [1.29, 1.82) is 0 Å². The van der Waals surface area contributed by atoms with E-state index in [1.165, 1.54) is 57.6 Å². The molecule has 1 fully saturated rings. The average molecular weight is 487 g/mol. The summed E-state index contributed by atoms with van der Waals surface area (Å²) in [6, 6.07) is 11.0. The summed E-state index contributed by atoms with van der Waals surface area (Å²) in [6.07, 6.45) is 3.63. The Morgan fingerprint density at radius 1 is 1.03 bits per heavy atom. The van der Waals surface area contributed by atoms with Crippen LogP contribution in [0.3, 0.4) is 0 Å². The van der Waals surface area contributed by atoms with Crippen LogP contribution >= 0.6 is 0 Å². The number of anilines is 2. The maximum Gasteiger partial charge on any atom is 0.265 e. The second-order valence-electron chi connectivity index (χ2n) is 8.68. The predicted molar refractivity (Wildman–Crippen MR) is 130 cm³/mol. The molecule has 0 aromatic heterocycles. The molecule has 34 heavy (non-hydrogen) atoms. The van der Waals surface area contributed by atoms with Gasteiger partial charge in [-0.1, -0.05) is 6.42 Å². The molecule has 0 unspecified atom stereocenters. The Balaban J connectivity index is 1.47. The molecule has 2 aliphatic heterocycles. The van der Waals surface area contributed by atoms with E-state index in [-0.39, 0.29) is 23.3 Å². The Labute approximate surface area is 200 Å². The monoisotopic (exact) mass is 486 g/mol. The van der Waals surface area contributed by atoms with Gasteiger partial charge in [-0.2, -0.15) is 0 Å². The van der Waals surface area contributed by atoms with Gasteiger partial charge in [-0.15, -0.1) is 0 Å². The number of carbonyl (C=O) groups is 2. The van der Waals surface area contributed by atoms with E-state index in [1.807, 2.05) is 0 Å². The number of amides is 2. The van der Waals surface area contributed by atoms with Crippen LogP contribution in [0.2, 0.25) is 0 Å². The number of nitrogens with one attached hydrogen (secondary N) is 1. The van der Waals surface area contributed by atoms with Crippen molar-refractivity contribution in [2.75, 3.05) is 57.1 Å². The van der Waals surface area contributed by atoms with E-state index < -0.39 is 10.0 Å². The predicted octanol–water partition coefficient (Wildman–Crippen LogP) is 2.40.